The largest absolute Gasteiger partial charge is 0.361 e. The number of nitrogens with one attached hydrogen (secondary N) is 1. The Labute approximate surface area is 147 Å². The molecule has 0 unspecified atom stereocenters. The number of hydrogen-bond donors (Lipinski definition) is 1. The number of aromatic nitrogens is 2. The van der Waals surface area contributed by atoms with Gasteiger partial charge in [0.2, 0.25) is 5.43 Å². The van der Waals surface area contributed by atoms with Crippen molar-refractivity contribution in [2.24, 2.45) is 0 Å². The lowest BCUT2D eigenvalue weighted by molar-refractivity contribution is 1.09. The summed E-state index contributed by atoms with van der Waals surface area (Å²) < 4.78 is 0.549. The van der Waals surface area contributed by atoms with Gasteiger partial charge in [0, 0.05) is 33.7 Å². The molecule has 0 radical (unpaired) electrons. The summed E-state index contributed by atoms with van der Waals surface area (Å²) in [6, 6.07) is 11.3. The molecule has 0 aliphatic heterocycles. The van der Waals surface area contributed by atoms with Crippen LogP contribution in [-0.4, -0.2) is 9.97 Å². The second-order valence-corrected chi connectivity index (χ2v) is 6.51. The van der Waals surface area contributed by atoms with Crippen molar-refractivity contribution >= 4 is 27.5 Å². The third-order valence-electron chi connectivity index (χ3n) is 3.71. The first-order chi connectivity index (χ1) is 11.0. The van der Waals surface area contributed by atoms with E-state index < -0.39 is 0 Å². The second-order valence-electron chi connectivity index (χ2n) is 5.31. The highest BCUT2D eigenvalue weighted by Crippen LogP contribution is 2.28. The molecule has 2 heterocycles. The Hall–Kier alpha value is -1.91. The second kappa shape index (κ2) is 6.30. The monoisotopic (exact) mass is 388 g/mol. The van der Waals surface area contributed by atoms with Gasteiger partial charge in [-0.05, 0) is 41.9 Å². The molecule has 0 aliphatic carbocycles. The Balaban J connectivity index is 2.10. The number of H-pyrrole nitrogens is 1. The van der Waals surface area contributed by atoms with Crippen molar-refractivity contribution in [2.75, 3.05) is 0 Å². The molecule has 1 aromatic carbocycles. The van der Waals surface area contributed by atoms with Crippen LogP contribution in [0.25, 0.3) is 22.4 Å². The minimum atomic E-state index is -0.0361. The van der Waals surface area contributed by atoms with Crippen molar-refractivity contribution in [3.63, 3.8) is 0 Å². The predicted octanol–water partition coefficient (Wildman–Crippen LogP) is 5.14. The number of nitrogens with zero attached hydrogens (tertiary/aromatic N) is 1. The van der Waals surface area contributed by atoms with Crippen LogP contribution in [0.5, 0.6) is 0 Å². The predicted molar refractivity (Wildman–Crippen MR) is 97.9 cm³/mol. The highest BCUT2D eigenvalue weighted by atomic mass is 79.9. The van der Waals surface area contributed by atoms with Crippen LogP contribution >= 0.6 is 27.5 Å². The maximum absolute atomic E-state index is 12.5. The van der Waals surface area contributed by atoms with Gasteiger partial charge in [-0.3, -0.25) is 9.78 Å². The summed E-state index contributed by atoms with van der Waals surface area (Å²) >= 11 is 9.54. The topological polar surface area (TPSA) is 45.8 Å². The molecule has 3 rings (SSSR count). The van der Waals surface area contributed by atoms with Crippen LogP contribution in [0, 0.1) is 13.8 Å². The number of hydrogen-bond acceptors (Lipinski definition) is 2. The molecule has 0 amide bonds. The molecule has 0 aliphatic rings. The Morgan fingerprint density at radius 2 is 1.83 bits per heavy atom. The van der Waals surface area contributed by atoms with E-state index in [-0.39, 0.29) is 5.43 Å². The lowest BCUT2D eigenvalue weighted by Crippen LogP contribution is -2.12. The summed E-state index contributed by atoms with van der Waals surface area (Å²) in [4.78, 5) is 20.2. The first-order valence-corrected chi connectivity index (χ1v) is 8.26. The molecule has 0 saturated carbocycles. The number of rotatable bonds is 2. The zero-order chi connectivity index (χ0) is 16.6. The summed E-state index contributed by atoms with van der Waals surface area (Å²) in [5, 5.41) is 0.653. The van der Waals surface area contributed by atoms with E-state index in [1.165, 1.54) is 0 Å². The average molecular weight is 390 g/mol. The van der Waals surface area contributed by atoms with Gasteiger partial charge in [0.05, 0.1) is 15.7 Å². The first-order valence-electron chi connectivity index (χ1n) is 7.09. The molecule has 5 heteroatoms. The summed E-state index contributed by atoms with van der Waals surface area (Å²) in [6.07, 6.45) is 1.71. The normalized spacial score (nSPS) is 10.8. The van der Waals surface area contributed by atoms with Crippen molar-refractivity contribution in [1.29, 1.82) is 0 Å². The Bertz CT molecular complexity index is 933. The molecule has 23 heavy (non-hydrogen) atoms. The van der Waals surface area contributed by atoms with E-state index in [0.29, 0.717) is 15.1 Å². The maximum Gasteiger partial charge on any atom is 0.204 e. The fourth-order valence-electron chi connectivity index (χ4n) is 2.57. The van der Waals surface area contributed by atoms with E-state index in [1.807, 2.05) is 50.2 Å². The van der Waals surface area contributed by atoms with E-state index in [9.17, 15) is 4.79 Å². The highest BCUT2D eigenvalue weighted by Gasteiger charge is 2.13. The molecular weight excluding hydrogens is 376 g/mol. The third kappa shape index (κ3) is 2.96. The van der Waals surface area contributed by atoms with Crippen LogP contribution in [0.15, 0.2) is 51.9 Å². The van der Waals surface area contributed by atoms with Crippen LogP contribution in [0.4, 0.5) is 0 Å². The third-order valence-corrected chi connectivity index (χ3v) is 4.99. The molecule has 116 valence electrons. The average Bonchev–Trinajstić information content (AvgIpc) is 2.54. The van der Waals surface area contributed by atoms with Gasteiger partial charge < -0.3 is 4.98 Å². The molecule has 1 N–H and O–H groups in total. The molecule has 0 spiro atoms. The van der Waals surface area contributed by atoms with Crippen molar-refractivity contribution < 1.29 is 0 Å². The molecule has 2 aromatic heterocycles. The number of pyridine rings is 2. The molecule has 0 fully saturated rings. The van der Waals surface area contributed by atoms with Crippen molar-refractivity contribution in [3.8, 4) is 22.4 Å². The van der Waals surface area contributed by atoms with Crippen molar-refractivity contribution in [2.45, 2.75) is 13.8 Å². The van der Waals surface area contributed by atoms with Crippen LogP contribution in [0.2, 0.25) is 5.02 Å². The van der Waals surface area contributed by atoms with Gasteiger partial charge in [-0.15, -0.1) is 0 Å². The summed E-state index contributed by atoms with van der Waals surface area (Å²) in [5.74, 6) is 0. The quantitative estimate of drug-likeness (QED) is 0.660. The van der Waals surface area contributed by atoms with Gasteiger partial charge in [-0.25, -0.2) is 0 Å². The minimum absolute atomic E-state index is 0.0361. The Kier molecular flexibility index (Phi) is 4.37. The van der Waals surface area contributed by atoms with Crippen LogP contribution in [0.3, 0.4) is 0 Å². The lowest BCUT2D eigenvalue weighted by atomic mass is 10.0. The van der Waals surface area contributed by atoms with E-state index in [4.69, 9.17) is 11.6 Å². The van der Waals surface area contributed by atoms with Crippen LogP contribution in [-0.2, 0) is 0 Å². The van der Waals surface area contributed by atoms with Gasteiger partial charge in [-0.2, -0.15) is 0 Å². The van der Waals surface area contributed by atoms with E-state index in [0.717, 1.165) is 28.2 Å². The van der Waals surface area contributed by atoms with Gasteiger partial charge in [0.15, 0.2) is 0 Å². The minimum Gasteiger partial charge on any atom is -0.361 e. The standard InChI is InChI=1S/C18H14BrClN2O/c1-10-16(18(23)17(19)11(2)22-10)12-7-8-15(21-9-12)13-5-3-4-6-14(13)20/h3-9H,1-2H3,(H,22,23). The summed E-state index contributed by atoms with van der Waals surface area (Å²) in [7, 11) is 0. The van der Waals surface area contributed by atoms with Gasteiger partial charge >= 0.3 is 0 Å². The van der Waals surface area contributed by atoms with Crippen molar-refractivity contribution in [3.05, 3.63) is 73.7 Å². The van der Waals surface area contributed by atoms with Gasteiger partial charge in [0.25, 0.3) is 0 Å². The van der Waals surface area contributed by atoms with Crippen LogP contribution in [0.1, 0.15) is 11.4 Å². The van der Waals surface area contributed by atoms with E-state index in [1.54, 1.807) is 6.20 Å². The van der Waals surface area contributed by atoms with Crippen LogP contribution < -0.4 is 5.43 Å². The SMILES string of the molecule is Cc1[nH]c(C)c(-c2ccc(-c3ccccc3Cl)nc2)c(=O)c1Br. The smallest absolute Gasteiger partial charge is 0.204 e. The fraction of sp³-hybridized carbons (Fsp3) is 0.111. The molecule has 0 saturated heterocycles. The summed E-state index contributed by atoms with van der Waals surface area (Å²) in [6.45, 7) is 3.75. The van der Waals surface area contributed by atoms with Crippen molar-refractivity contribution in [1.82, 2.24) is 9.97 Å². The maximum atomic E-state index is 12.5. The van der Waals surface area contributed by atoms with E-state index in [2.05, 4.69) is 25.9 Å². The number of halogens is 2. The first kappa shape index (κ1) is 16.0. The molecular formula is C18H14BrClN2O. The van der Waals surface area contributed by atoms with Gasteiger partial charge in [-0.1, -0.05) is 35.9 Å². The lowest BCUT2D eigenvalue weighted by Gasteiger charge is -2.09. The number of aromatic amines is 1. The fourth-order valence-corrected chi connectivity index (χ4v) is 3.10. The summed E-state index contributed by atoms with van der Waals surface area (Å²) in [5.41, 5.74) is 4.66. The zero-order valence-electron chi connectivity index (χ0n) is 12.7. The Morgan fingerprint density at radius 1 is 1.09 bits per heavy atom. The molecule has 3 aromatic rings. The zero-order valence-corrected chi connectivity index (χ0v) is 15.0. The Morgan fingerprint density at radius 3 is 2.48 bits per heavy atom. The number of benzene rings is 1. The molecule has 0 atom stereocenters. The highest BCUT2D eigenvalue weighted by molar-refractivity contribution is 9.10. The van der Waals surface area contributed by atoms with E-state index >= 15 is 0 Å². The molecule has 0 bridgehead atoms. The van der Waals surface area contributed by atoms with Gasteiger partial charge in [0.1, 0.15) is 0 Å². The number of aryl methyl sites for hydroxylation is 2. The molecule has 3 nitrogen and oxygen atoms in total.